The predicted molar refractivity (Wildman–Crippen MR) is 110 cm³/mol. The molecule has 0 saturated carbocycles. The highest BCUT2D eigenvalue weighted by Gasteiger charge is 2.35. The number of carboxylic acids is 1. The van der Waals surface area contributed by atoms with Gasteiger partial charge < -0.3 is 19.3 Å². The summed E-state index contributed by atoms with van der Waals surface area (Å²) in [6, 6.07) is 12.4. The van der Waals surface area contributed by atoms with Gasteiger partial charge in [0.05, 0.1) is 39.5 Å². The Labute approximate surface area is 174 Å². The monoisotopic (exact) mass is 412 g/mol. The van der Waals surface area contributed by atoms with Gasteiger partial charge in [-0.1, -0.05) is 18.2 Å². The van der Waals surface area contributed by atoms with Crippen LogP contribution in [0.2, 0.25) is 0 Å². The number of carbonyl (C=O) groups excluding carboxylic acids is 1. The topological polar surface area (TPSA) is 97.7 Å². The molecule has 0 radical (unpaired) electrons. The number of aliphatic carboxylic acids is 1. The standard InChI is InChI=1S/C22H24N2O6/c1-28-14-8-9-20(30-3)16(12-14)17-13-18(15-6-4-5-7-19(15)29-2)24(23-17)21(25)10-11-22(26)27/h4-9,12,18H,10-11,13H2,1-3H3,(H,26,27)/t18-/m1/s1. The van der Waals surface area contributed by atoms with Crippen molar-refractivity contribution in [2.45, 2.75) is 25.3 Å². The van der Waals surface area contributed by atoms with Gasteiger partial charge in [-0.2, -0.15) is 5.10 Å². The average Bonchev–Trinajstić information content (AvgIpc) is 3.22. The van der Waals surface area contributed by atoms with Gasteiger partial charge in [0, 0.05) is 24.0 Å². The van der Waals surface area contributed by atoms with Crippen molar-refractivity contribution in [3.63, 3.8) is 0 Å². The van der Waals surface area contributed by atoms with E-state index in [1.165, 1.54) is 5.01 Å². The number of rotatable bonds is 8. The number of nitrogens with zero attached hydrogens (tertiary/aromatic N) is 2. The average molecular weight is 412 g/mol. The molecule has 1 heterocycles. The molecule has 158 valence electrons. The molecule has 2 aromatic carbocycles. The van der Waals surface area contributed by atoms with E-state index >= 15 is 0 Å². The fourth-order valence-electron chi connectivity index (χ4n) is 3.45. The van der Waals surface area contributed by atoms with E-state index in [2.05, 4.69) is 5.10 Å². The number of hydrogen-bond donors (Lipinski definition) is 1. The molecule has 2 aromatic rings. The first kappa shape index (κ1) is 21.2. The molecule has 0 unspecified atom stereocenters. The highest BCUT2D eigenvalue weighted by Crippen LogP contribution is 2.39. The van der Waals surface area contributed by atoms with Gasteiger partial charge >= 0.3 is 5.97 Å². The number of ether oxygens (including phenoxy) is 3. The minimum Gasteiger partial charge on any atom is -0.497 e. The Morgan fingerprint density at radius 3 is 2.43 bits per heavy atom. The van der Waals surface area contributed by atoms with Crippen molar-refractivity contribution in [2.75, 3.05) is 21.3 Å². The van der Waals surface area contributed by atoms with Gasteiger partial charge in [-0.3, -0.25) is 9.59 Å². The molecule has 1 atom stereocenters. The summed E-state index contributed by atoms with van der Waals surface area (Å²) < 4.78 is 16.3. The Kier molecular flexibility index (Phi) is 6.56. The minimum absolute atomic E-state index is 0.146. The molecule has 1 aliphatic heterocycles. The van der Waals surface area contributed by atoms with Gasteiger partial charge in [-0.25, -0.2) is 5.01 Å². The quantitative estimate of drug-likeness (QED) is 0.715. The second-order valence-corrected chi connectivity index (χ2v) is 6.71. The third-order valence-corrected chi connectivity index (χ3v) is 4.93. The molecule has 8 heteroatoms. The summed E-state index contributed by atoms with van der Waals surface area (Å²) in [5, 5.41) is 14.9. The zero-order chi connectivity index (χ0) is 21.7. The predicted octanol–water partition coefficient (Wildman–Crippen LogP) is 3.25. The Morgan fingerprint density at radius 1 is 1.03 bits per heavy atom. The largest absolute Gasteiger partial charge is 0.497 e. The lowest BCUT2D eigenvalue weighted by Crippen LogP contribution is -2.27. The summed E-state index contributed by atoms with van der Waals surface area (Å²) in [5.41, 5.74) is 2.15. The summed E-state index contributed by atoms with van der Waals surface area (Å²) in [6.45, 7) is 0. The van der Waals surface area contributed by atoms with Crippen LogP contribution in [0.3, 0.4) is 0 Å². The van der Waals surface area contributed by atoms with Crippen molar-refractivity contribution >= 4 is 17.6 Å². The van der Waals surface area contributed by atoms with E-state index < -0.39 is 12.0 Å². The van der Waals surface area contributed by atoms with Gasteiger partial charge in [0.1, 0.15) is 17.2 Å². The van der Waals surface area contributed by atoms with E-state index in [1.807, 2.05) is 30.3 Å². The smallest absolute Gasteiger partial charge is 0.303 e. The van der Waals surface area contributed by atoms with Gasteiger partial charge in [-0.15, -0.1) is 0 Å². The molecule has 0 saturated heterocycles. The number of hydrogen-bond acceptors (Lipinski definition) is 6. The second-order valence-electron chi connectivity index (χ2n) is 6.71. The molecule has 1 amide bonds. The first-order chi connectivity index (χ1) is 14.5. The van der Waals surface area contributed by atoms with Crippen LogP contribution in [0.5, 0.6) is 17.2 Å². The van der Waals surface area contributed by atoms with Crippen LogP contribution in [-0.2, 0) is 9.59 Å². The number of carbonyl (C=O) groups is 2. The zero-order valence-electron chi connectivity index (χ0n) is 17.1. The van der Waals surface area contributed by atoms with E-state index in [1.54, 1.807) is 33.5 Å². The summed E-state index contributed by atoms with van der Waals surface area (Å²) >= 11 is 0. The van der Waals surface area contributed by atoms with Crippen LogP contribution in [0, 0.1) is 0 Å². The number of benzene rings is 2. The maximum atomic E-state index is 12.8. The molecule has 0 fully saturated rings. The highest BCUT2D eigenvalue weighted by atomic mass is 16.5. The van der Waals surface area contributed by atoms with Crippen LogP contribution >= 0.6 is 0 Å². The van der Waals surface area contributed by atoms with E-state index in [0.717, 1.165) is 5.56 Å². The third-order valence-electron chi connectivity index (χ3n) is 4.93. The first-order valence-electron chi connectivity index (χ1n) is 9.45. The van der Waals surface area contributed by atoms with Gasteiger partial charge in [0.2, 0.25) is 5.91 Å². The summed E-state index contributed by atoms with van der Waals surface area (Å²) in [7, 11) is 4.70. The lowest BCUT2D eigenvalue weighted by molar-refractivity contribution is -0.141. The molecular formula is C22H24N2O6. The molecule has 30 heavy (non-hydrogen) atoms. The molecule has 3 rings (SSSR count). The third kappa shape index (κ3) is 4.37. The molecular weight excluding hydrogens is 388 g/mol. The summed E-state index contributed by atoms with van der Waals surface area (Å²) in [5.74, 6) is 0.471. The van der Waals surface area contributed by atoms with Crippen LogP contribution in [0.4, 0.5) is 0 Å². The summed E-state index contributed by atoms with van der Waals surface area (Å²) in [4.78, 5) is 23.8. The first-order valence-corrected chi connectivity index (χ1v) is 9.45. The van der Waals surface area contributed by atoms with Crippen molar-refractivity contribution < 1.29 is 28.9 Å². The van der Waals surface area contributed by atoms with Crippen molar-refractivity contribution in [3.05, 3.63) is 53.6 Å². The van der Waals surface area contributed by atoms with Gasteiger partial charge in [-0.05, 0) is 24.3 Å². The van der Waals surface area contributed by atoms with Gasteiger partial charge in [0.25, 0.3) is 0 Å². The summed E-state index contributed by atoms with van der Waals surface area (Å²) in [6.07, 6.45) is 0.0109. The van der Waals surface area contributed by atoms with Crippen molar-refractivity contribution in [1.29, 1.82) is 0 Å². The Balaban J connectivity index is 2.03. The maximum absolute atomic E-state index is 12.8. The van der Waals surface area contributed by atoms with E-state index in [0.29, 0.717) is 34.9 Å². The molecule has 0 bridgehead atoms. The zero-order valence-corrected chi connectivity index (χ0v) is 17.1. The number of carboxylic acid groups (broad SMARTS) is 1. The number of methoxy groups -OCH3 is 3. The normalized spacial score (nSPS) is 15.5. The van der Waals surface area contributed by atoms with Crippen LogP contribution in [0.1, 0.15) is 36.4 Å². The van der Waals surface area contributed by atoms with Crippen molar-refractivity contribution in [3.8, 4) is 17.2 Å². The highest BCUT2D eigenvalue weighted by molar-refractivity contribution is 6.05. The van der Waals surface area contributed by atoms with Crippen LogP contribution < -0.4 is 14.2 Å². The van der Waals surface area contributed by atoms with Crippen LogP contribution in [-0.4, -0.2) is 49.0 Å². The Morgan fingerprint density at radius 2 is 1.77 bits per heavy atom. The Bertz CT molecular complexity index is 972. The number of para-hydroxylation sites is 1. The molecule has 1 N–H and O–H groups in total. The van der Waals surface area contributed by atoms with Crippen LogP contribution in [0.15, 0.2) is 47.6 Å². The molecule has 0 spiro atoms. The minimum atomic E-state index is -1.03. The van der Waals surface area contributed by atoms with Crippen molar-refractivity contribution in [1.82, 2.24) is 5.01 Å². The maximum Gasteiger partial charge on any atom is 0.303 e. The lowest BCUT2D eigenvalue weighted by atomic mass is 9.97. The van der Waals surface area contributed by atoms with E-state index in [9.17, 15) is 9.59 Å². The molecule has 8 nitrogen and oxygen atoms in total. The van der Waals surface area contributed by atoms with Crippen molar-refractivity contribution in [2.24, 2.45) is 5.10 Å². The second kappa shape index (κ2) is 9.30. The van der Waals surface area contributed by atoms with E-state index in [-0.39, 0.29) is 18.7 Å². The fourth-order valence-corrected chi connectivity index (χ4v) is 3.45. The number of amides is 1. The number of hydrazone groups is 1. The fraction of sp³-hybridized carbons (Fsp3) is 0.318. The molecule has 1 aliphatic rings. The SMILES string of the molecule is COc1ccc(OC)c(C2=NN(C(=O)CCC(=O)O)[C@@H](c3ccccc3OC)C2)c1. The molecule has 0 aromatic heterocycles. The Hall–Kier alpha value is -3.55. The van der Waals surface area contributed by atoms with Gasteiger partial charge in [0.15, 0.2) is 0 Å². The van der Waals surface area contributed by atoms with Crippen LogP contribution in [0.25, 0.3) is 0 Å². The van der Waals surface area contributed by atoms with E-state index in [4.69, 9.17) is 19.3 Å². The lowest BCUT2D eigenvalue weighted by Gasteiger charge is -2.23. The molecule has 0 aliphatic carbocycles.